The average Bonchev–Trinajstić information content (AvgIpc) is 2.98. The summed E-state index contributed by atoms with van der Waals surface area (Å²) in [6.07, 6.45) is 7.08. The summed E-state index contributed by atoms with van der Waals surface area (Å²) in [4.78, 5) is 4.25. The van der Waals surface area contributed by atoms with Gasteiger partial charge < -0.3 is 14.8 Å². The van der Waals surface area contributed by atoms with E-state index in [2.05, 4.69) is 29.4 Å². The van der Waals surface area contributed by atoms with Gasteiger partial charge in [0.15, 0.2) is 0 Å². The van der Waals surface area contributed by atoms with Gasteiger partial charge in [-0.1, -0.05) is 13.0 Å². The van der Waals surface area contributed by atoms with Crippen molar-refractivity contribution in [2.75, 3.05) is 20.3 Å². The predicted octanol–water partition coefficient (Wildman–Crippen LogP) is 2.31. The van der Waals surface area contributed by atoms with Crippen molar-refractivity contribution in [1.29, 1.82) is 0 Å². The topological polar surface area (TPSA) is 43.4 Å². The van der Waals surface area contributed by atoms with Crippen LogP contribution in [0.25, 0.3) is 0 Å². The summed E-state index contributed by atoms with van der Waals surface area (Å²) >= 11 is 0. The van der Waals surface area contributed by atoms with Gasteiger partial charge in [0, 0.05) is 18.7 Å². The molecule has 0 saturated heterocycles. The molecule has 19 heavy (non-hydrogen) atoms. The van der Waals surface area contributed by atoms with E-state index >= 15 is 0 Å². The van der Waals surface area contributed by atoms with Crippen molar-refractivity contribution >= 4 is 0 Å². The van der Waals surface area contributed by atoms with E-state index in [1.807, 2.05) is 12.3 Å². The second kappa shape index (κ2) is 7.14. The Bertz CT molecular complexity index is 415. The minimum Gasteiger partial charge on any atom is -0.496 e. The van der Waals surface area contributed by atoms with Crippen molar-refractivity contribution in [1.82, 2.24) is 10.3 Å². The minimum atomic E-state index is 0.248. The largest absolute Gasteiger partial charge is 0.496 e. The van der Waals surface area contributed by atoms with E-state index in [1.54, 1.807) is 7.11 Å². The summed E-state index contributed by atoms with van der Waals surface area (Å²) in [6, 6.07) is 4.20. The van der Waals surface area contributed by atoms with Crippen molar-refractivity contribution in [3.05, 3.63) is 35.7 Å². The molecule has 0 saturated carbocycles. The Morgan fingerprint density at radius 2 is 2.37 bits per heavy atom. The SMILES string of the molecule is CCCNC(Cc1ccc(OC)nc1)C1=CCCO1. The Balaban J connectivity index is 2.01. The van der Waals surface area contributed by atoms with Crippen molar-refractivity contribution in [2.24, 2.45) is 0 Å². The first-order chi connectivity index (χ1) is 9.33. The lowest BCUT2D eigenvalue weighted by Gasteiger charge is -2.19. The molecule has 0 amide bonds. The van der Waals surface area contributed by atoms with Crippen LogP contribution < -0.4 is 10.1 Å². The zero-order valence-corrected chi connectivity index (χ0v) is 11.7. The van der Waals surface area contributed by atoms with Gasteiger partial charge in [-0.3, -0.25) is 0 Å². The van der Waals surface area contributed by atoms with Gasteiger partial charge >= 0.3 is 0 Å². The van der Waals surface area contributed by atoms with Crippen LogP contribution in [0.1, 0.15) is 25.3 Å². The summed E-state index contributed by atoms with van der Waals surface area (Å²) < 4.78 is 10.8. The highest BCUT2D eigenvalue weighted by atomic mass is 16.5. The van der Waals surface area contributed by atoms with E-state index in [4.69, 9.17) is 9.47 Å². The van der Waals surface area contributed by atoms with Gasteiger partial charge in [0.2, 0.25) is 5.88 Å². The minimum absolute atomic E-state index is 0.248. The normalized spacial score (nSPS) is 15.8. The number of hydrogen-bond acceptors (Lipinski definition) is 4. The Kier molecular flexibility index (Phi) is 5.21. The maximum absolute atomic E-state index is 5.68. The molecule has 0 bridgehead atoms. The zero-order valence-electron chi connectivity index (χ0n) is 11.7. The smallest absolute Gasteiger partial charge is 0.212 e. The van der Waals surface area contributed by atoms with Crippen LogP contribution in [-0.2, 0) is 11.2 Å². The number of nitrogens with one attached hydrogen (secondary N) is 1. The van der Waals surface area contributed by atoms with E-state index in [1.165, 1.54) is 5.56 Å². The molecule has 1 unspecified atom stereocenters. The van der Waals surface area contributed by atoms with Crippen molar-refractivity contribution in [3.8, 4) is 5.88 Å². The number of pyridine rings is 1. The molecule has 0 aliphatic carbocycles. The molecule has 4 heteroatoms. The van der Waals surface area contributed by atoms with Crippen LogP contribution >= 0.6 is 0 Å². The first-order valence-electron chi connectivity index (χ1n) is 6.88. The summed E-state index contributed by atoms with van der Waals surface area (Å²) in [5.74, 6) is 1.72. The number of nitrogens with zero attached hydrogens (tertiary/aromatic N) is 1. The molecule has 4 nitrogen and oxygen atoms in total. The highest BCUT2D eigenvalue weighted by Crippen LogP contribution is 2.18. The van der Waals surface area contributed by atoms with Crippen LogP contribution in [0.2, 0.25) is 0 Å². The fourth-order valence-corrected chi connectivity index (χ4v) is 2.16. The Morgan fingerprint density at radius 1 is 1.47 bits per heavy atom. The average molecular weight is 262 g/mol. The molecule has 2 rings (SSSR count). The standard InChI is InChI=1S/C15H22N2O2/c1-3-8-16-13(14-5-4-9-19-14)10-12-6-7-15(18-2)17-11-12/h5-7,11,13,16H,3-4,8-10H2,1-2H3. The van der Waals surface area contributed by atoms with Gasteiger partial charge in [-0.25, -0.2) is 4.98 Å². The molecular weight excluding hydrogens is 240 g/mol. The number of rotatable bonds is 7. The molecule has 1 aromatic heterocycles. The van der Waals surface area contributed by atoms with E-state index in [-0.39, 0.29) is 6.04 Å². The molecule has 1 aromatic rings. The molecular formula is C15H22N2O2. The van der Waals surface area contributed by atoms with E-state index in [0.29, 0.717) is 5.88 Å². The summed E-state index contributed by atoms with van der Waals surface area (Å²) in [5.41, 5.74) is 1.19. The second-order valence-corrected chi connectivity index (χ2v) is 4.66. The van der Waals surface area contributed by atoms with Gasteiger partial charge in [-0.2, -0.15) is 0 Å². The van der Waals surface area contributed by atoms with Crippen molar-refractivity contribution in [2.45, 2.75) is 32.2 Å². The fraction of sp³-hybridized carbons (Fsp3) is 0.533. The van der Waals surface area contributed by atoms with E-state index in [9.17, 15) is 0 Å². The summed E-state index contributed by atoms with van der Waals surface area (Å²) in [5, 5.41) is 3.54. The molecule has 0 spiro atoms. The second-order valence-electron chi connectivity index (χ2n) is 4.66. The molecule has 104 valence electrons. The molecule has 1 atom stereocenters. The van der Waals surface area contributed by atoms with Gasteiger partial charge in [0.1, 0.15) is 5.76 Å². The third-order valence-electron chi connectivity index (χ3n) is 3.16. The van der Waals surface area contributed by atoms with Gasteiger partial charge in [0.05, 0.1) is 19.8 Å². The molecule has 1 aliphatic rings. The molecule has 1 N–H and O–H groups in total. The Hall–Kier alpha value is -1.55. The molecule has 0 radical (unpaired) electrons. The molecule has 0 fully saturated rings. The van der Waals surface area contributed by atoms with Crippen LogP contribution in [0.5, 0.6) is 5.88 Å². The Labute approximate surface area is 114 Å². The van der Waals surface area contributed by atoms with Crippen LogP contribution in [0.15, 0.2) is 30.2 Å². The van der Waals surface area contributed by atoms with Crippen molar-refractivity contribution in [3.63, 3.8) is 0 Å². The maximum Gasteiger partial charge on any atom is 0.212 e. The molecule has 1 aliphatic heterocycles. The lowest BCUT2D eigenvalue weighted by molar-refractivity contribution is 0.214. The number of ether oxygens (including phenoxy) is 2. The fourth-order valence-electron chi connectivity index (χ4n) is 2.16. The zero-order chi connectivity index (χ0) is 13.5. The summed E-state index contributed by atoms with van der Waals surface area (Å²) in [7, 11) is 1.63. The number of methoxy groups -OCH3 is 1. The lowest BCUT2D eigenvalue weighted by Crippen LogP contribution is -2.34. The highest BCUT2D eigenvalue weighted by Gasteiger charge is 2.18. The predicted molar refractivity (Wildman–Crippen MR) is 75.2 cm³/mol. The third-order valence-corrected chi connectivity index (χ3v) is 3.16. The van der Waals surface area contributed by atoms with Gasteiger partial charge in [0.25, 0.3) is 0 Å². The molecule has 0 aromatic carbocycles. The molecule has 2 heterocycles. The number of aromatic nitrogens is 1. The highest BCUT2D eigenvalue weighted by molar-refractivity contribution is 5.21. The third kappa shape index (κ3) is 3.96. The van der Waals surface area contributed by atoms with E-state index < -0.39 is 0 Å². The summed E-state index contributed by atoms with van der Waals surface area (Å²) in [6.45, 7) is 3.97. The Morgan fingerprint density at radius 3 is 2.95 bits per heavy atom. The van der Waals surface area contributed by atoms with Gasteiger partial charge in [-0.05, 0) is 31.0 Å². The lowest BCUT2D eigenvalue weighted by atomic mass is 10.1. The first-order valence-corrected chi connectivity index (χ1v) is 6.88. The van der Waals surface area contributed by atoms with Crippen LogP contribution in [0, 0.1) is 0 Å². The number of hydrogen-bond donors (Lipinski definition) is 1. The van der Waals surface area contributed by atoms with E-state index in [0.717, 1.165) is 38.2 Å². The van der Waals surface area contributed by atoms with Gasteiger partial charge in [-0.15, -0.1) is 0 Å². The monoisotopic (exact) mass is 262 g/mol. The van der Waals surface area contributed by atoms with Crippen LogP contribution in [-0.4, -0.2) is 31.3 Å². The van der Waals surface area contributed by atoms with Crippen LogP contribution in [0.4, 0.5) is 0 Å². The quantitative estimate of drug-likeness (QED) is 0.819. The first kappa shape index (κ1) is 13.9. The maximum atomic E-state index is 5.68. The van der Waals surface area contributed by atoms with Crippen molar-refractivity contribution < 1.29 is 9.47 Å². The van der Waals surface area contributed by atoms with Crippen LogP contribution in [0.3, 0.4) is 0 Å².